The topological polar surface area (TPSA) is 114 Å². The fourth-order valence-electron chi connectivity index (χ4n) is 2.04. The van der Waals surface area contributed by atoms with Gasteiger partial charge in [0.25, 0.3) is 5.69 Å². The third kappa shape index (κ3) is 2.75. The molecule has 3 rings (SSSR count). The van der Waals surface area contributed by atoms with Gasteiger partial charge in [0.15, 0.2) is 0 Å². The molecule has 0 spiro atoms. The van der Waals surface area contributed by atoms with Crippen molar-refractivity contribution in [3.05, 3.63) is 68.8 Å². The van der Waals surface area contributed by atoms with Crippen LogP contribution < -0.4 is 11.0 Å². The van der Waals surface area contributed by atoms with Crippen molar-refractivity contribution in [2.45, 2.75) is 6.54 Å². The molecule has 2 aromatic heterocycles. The van der Waals surface area contributed by atoms with E-state index in [9.17, 15) is 14.9 Å². The normalized spacial score (nSPS) is 10.5. The van der Waals surface area contributed by atoms with Crippen LogP contribution in [-0.4, -0.2) is 19.9 Å². The Labute approximate surface area is 124 Å². The van der Waals surface area contributed by atoms with Crippen LogP contribution in [-0.2, 0) is 6.54 Å². The van der Waals surface area contributed by atoms with Crippen LogP contribution in [0.5, 0.6) is 0 Å². The van der Waals surface area contributed by atoms with Crippen molar-refractivity contribution < 1.29 is 4.92 Å². The van der Waals surface area contributed by atoms with Gasteiger partial charge in [-0.2, -0.15) is 4.98 Å². The first-order valence-electron chi connectivity index (χ1n) is 6.46. The van der Waals surface area contributed by atoms with Gasteiger partial charge in [0, 0.05) is 24.9 Å². The molecule has 0 saturated carbocycles. The maximum atomic E-state index is 11.5. The number of hydrogen-bond donors (Lipinski definition) is 2. The van der Waals surface area contributed by atoms with E-state index in [1.54, 1.807) is 30.5 Å². The summed E-state index contributed by atoms with van der Waals surface area (Å²) in [6.07, 6.45) is 1.58. The number of aromatic nitrogens is 3. The Balaban J connectivity index is 1.84. The summed E-state index contributed by atoms with van der Waals surface area (Å²) in [5.74, 6) is 0.421. The summed E-state index contributed by atoms with van der Waals surface area (Å²) in [5, 5.41) is 14.4. The van der Waals surface area contributed by atoms with Crippen molar-refractivity contribution in [2.75, 3.05) is 5.32 Å². The molecule has 0 fully saturated rings. The number of aromatic amines is 1. The maximum absolute atomic E-state index is 11.5. The zero-order chi connectivity index (χ0) is 15.5. The van der Waals surface area contributed by atoms with Crippen molar-refractivity contribution in [3.8, 4) is 0 Å². The Kier molecular flexibility index (Phi) is 3.48. The lowest BCUT2D eigenvalue weighted by atomic mass is 10.2. The molecule has 0 aliphatic heterocycles. The fraction of sp³-hybridized carbons (Fsp3) is 0.0714. The summed E-state index contributed by atoms with van der Waals surface area (Å²) in [6, 6.07) is 9.71. The molecule has 22 heavy (non-hydrogen) atoms. The zero-order valence-corrected chi connectivity index (χ0v) is 11.3. The molecule has 0 atom stereocenters. The van der Waals surface area contributed by atoms with Gasteiger partial charge in [0.2, 0.25) is 0 Å². The lowest BCUT2D eigenvalue weighted by molar-refractivity contribution is -0.384. The maximum Gasteiger partial charge on any atom is 0.348 e. The fourth-order valence-corrected chi connectivity index (χ4v) is 2.04. The molecule has 2 N–H and O–H groups in total. The van der Waals surface area contributed by atoms with Gasteiger partial charge in [-0.15, -0.1) is 0 Å². The number of nitrogens with one attached hydrogen (secondary N) is 2. The number of non-ortho nitro benzene ring substituents is 1. The van der Waals surface area contributed by atoms with Gasteiger partial charge in [0.1, 0.15) is 11.5 Å². The highest BCUT2D eigenvalue weighted by Crippen LogP contribution is 2.17. The number of fused-ring (bicyclic) bond motifs is 1. The summed E-state index contributed by atoms with van der Waals surface area (Å²) < 4.78 is 0. The Morgan fingerprint density at radius 2 is 2.00 bits per heavy atom. The molecule has 2 heterocycles. The van der Waals surface area contributed by atoms with E-state index in [0.717, 1.165) is 5.56 Å². The summed E-state index contributed by atoms with van der Waals surface area (Å²) in [4.78, 5) is 32.2. The quantitative estimate of drug-likeness (QED) is 0.561. The summed E-state index contributed by atoms with van der Waals surface area (Å²) in [7, 11) is 0. The SMILES string of the molecule is O=c1nc(NCc2ccc([N+](=O)[O-])cc2)c2cccnc2[nH]1. The van der Waals surface area contributed by atoms with Crippen LogP contribution in [0.2, 0.25) is 0 Å². The van der Waals surface area contributed by atoms with Crippen LogP contribution in [0.3, 0.4) is 0 Å². The monoisotopic (exact) mass is 297 g/mol. The Hall–Kier alpha value is -3.29. The first-order chi connectivity index (χ1) is 10.6. The zero-order valence-electron chi connectivity index (χ0n) is 11.3. The molecular weight excluding hydrogens is 286 g/mol. The van der Waals surface area contributed by atoms with Gasteiger partial charge >= 0.3 is 5.69 Å². The van der Waals surface area contributed by atoms with E-state index >= 15 is 0 Å². The van der Waals surface area contributed by atoms with Gasteiger partial charge in [-0.3, -0.25) is 15.1 Å². The number of H-pyrrole nitrogens is 1. The van der Waals surface area contributed by atoms with Crippen LogP contribution in [0.15, 0.2) is 47.4 Å². The van der Waals surface area contributed by atoms with Gasteiger partial charge in [-0.1, -0.05) is 12.1 Å². The van der Waals surface area contributed by atoms with Gasteiger partial charge < -0.3 is 5.32 Å². The largest absolute Gasteiger partial charge is 0.365 e. The van der Waals surface area contributed by atoms with Crippen LogP contribution in [0, 0.1) is 10.1 Å². The van der Waals surface area contributed by atoms with E-state index < -0.39 is 10.6 Å². The number of hydrogen-bond acceptors (Lipinski definition) is 6. The molecule has 0 aliphatic rings. The van der Waals surface area contributed by atoms with E-state index in [4.69, 9.17) is 0 Å². The van der Waals surface area contributed by atoms with E-state index in [1.165, 1.54) is 12.1 Å². The van der Waals surface area contributed by atoms with Crippen molar-refractivity contribution in [3.63, 3.8) is 0 Å². The average Bonchev–Trinajstić information content (AvgIpc) is 2.52. The minimum Gasteiger partial charge on any atom is -0.365 e. The molecule has 1 aromatic carbocycles. The summed E-state index contributed by atoms with van der Waals surface area (Å²) >= 11 is 0. The molecule has 0 saturated heterocycles. The van der Waals surface area contributed by atoms with Crippen molar-refractivity contribution >= 4 is 22.5 Å². The minimum atomic E-state index is -0.489. The Morgan fingerprint density at radius 3 is 2.73 bits per heavy atom. The van der Waals surface area contributed by atoms with Crippen LogP contribution in [0.25, 0.3) is 11.0 Å². The predicted molar refractivity (Wildman–Crippen MR) is 80.6 cm³/mol. The molecule has 110 valence electrons. The lowest BCUT2D eigenvalue weighted by Gasteiger charge is -2.07. The van der Waals surface area contributed by atoms with E-state index in [2.05, 4.69) is 20.3 Å². The van der Waals surface area contributed by atoms with Crippen LogP contribution >= 0.6 is 0 Å². The average molecular weight is 297 g/mol. The standard InChI is InChI=1S/C14H11N5O3/c20-14-17-12-11(2-1-7-15-12)13(18-14)16-8-9-3-5-10(6-4-9)19(21)22/h1-7H,8H2,(H2,15,16,17,18,20). The van der Waals surface area contributed by atoms with E-state index in [0.29, 0.717) is 23.4 Å². The predicted octanol–water partition coefficient (Wildman–Crippen LogP) is 1.84. The number of nitro benzene ring substituents is 1. The number of pyridine rings is 1. The van der Waals surface area contributed by atoms with Gasteiger partial charge in [-0.05, 0) is 17.7 Å². The highest BCUT2D eigenvalue weighted by Gasteiger charge is 2.07. The molecule has 0 unspecified atom stereocenters. The van der Waals surface area contributed by atoms with Crippen molar-refractivity contribution in [1.82, 2.24) is 15.0 Å². The first-order valence-corrected chi connectivity index (χ1v) is 6.46. The molecular formula is C14H11N5O3. The summed E-state index contributed by atoms with van der Waals surface area (Å²) in [6.45, 7) is 0.387. The third-order valence-corrected chi connectivity index (χ3v) is 3.11. The molecule has 0 aliphatic carbocycles. The second-order valence-electron chi connectivity index (χ2n) is 4.57. The second kappa shape index (κ2) is 5.60. The number of nitro groups is 1. The van der Waals surface area contributed by atoms with Gasteiger partial charge in [0.05, 0.1) is 10.3 Å². The Morgan fingerprint density at radius 1 is 1.23 bits per heavy atom. The number of nitrogens with zero attached hydrogens (tertiary/aromatic N) is 3. The molecule has 0 bridgehead atoms. The van der Waals surface area contributed by atoms with Gasteiger partial charge in [-0.25, -0.2) is 9.78 Å². The smallest absolute Gasteiger partial charge is 0.348 e. The number of benzene rings is 1. The molecule has 3 aromatic rings. The molecule has 8 nitrogen and oxygen atoms in total. The summed E-state index contributed by atoms with van der Waals surface area (Å²) in [5.41, 5.74) is 0.837. The number of anilines is 1. The van der Waals surface area contributed by atoms with Crippen LogP contribution in [0.1, 0.15) is 5.56 Å². The van der Waals surface area contributed by atoms with Crippen molar-refractivity contribution in [1.29, 1.82) is 0 Å². The second-order valence-corrected chi connectivity index (χ2v) is 4.57. The first kappa shape index (κ1) is 13.7. The highest BCUT2D eigenvalue weighted by atomic mass is 16.6. The van der Waals surface area contributed by atoms with Crippen LogP contribution in [0.4, 0.5) is 11.5 Å². The lowest BCUT2D eigenvalue weighted by Crippen LogP contribution is -2.14. The molecule has 8 heteroatoms. The Bertz CT molecular complexity index is 889. The van der Waals surface area contributed by atoms with E-state index in [1.807, 2.05) is 0 Å². The molecule has 0 radical (unpaired) electrons. The highest BCUT2D eigenvalue weighted by molar-refractivity contribution is 5.85. The molecule has 0 amide bonds. The minimum absolute atomic E-state index is 0.0349. The third-order valence-electron chi connectivity index (χ3n) is 3.11. The van der Waals surface area contributed by atoms with Crippen molar-refractivity contribution in [2.24, 2.45) is 0 Å². The van der Waals surface area contributed by atoms with E-state index in [-0.39, 0.29) is 5.69 Å². The number of rotatable bonds is 4.